The summed E-state index contributed by atoms with van der Waals surface area (Å²) < 4.78 is 5.29. The Morgan fingerprint density at radius 1 is 1.03 bits per heavy atom. The number of carbonyl (C=O) groups is 4. The molecule has 6 nitrogen and oxygen atoms in total. The van der Waals surface area contributed by atoms with Gasteiger partial charge in [-0.15, -0.1) is 6.58 Å². The Balaban J connectivity index is 1.74. The topological polar surface area (TPSA) is 80.8 Å². The van der Waals surface area contributed by atoms with Crippen LogP contribution >= 0.6 is 0 Å². The van der Waals surface area contributed by atoms with Gasteiger partial charge in [-0.25, -0.2) is 4.79 Å². The van der Waals surface area contributed by atoms with Crippen molar-refractivity contribution < 1.29 is 23.9 Å². The first-order valence-electron chi connectivity index (χ1n) is 9.32. The van der Waals surface area contributed by atoms with E-state index < -0.39 is 23.9 Å². The maximum Gasteiger partial charge on any atom is 0.338 e. The number of carbonyl (C=O) groups excluding carboxylic acids is 4. The summed E-state index contributed by atoms with van der Waals surface area (Å²) >= 11 is 0. The molecule has 0 fully saturated rings. The van der Waals surface area contributed by atoms with Gasteiger partial charge in [-0.2, -0.15) is 0 Å². The highest BCUT2D eigenvalue weighted by molar-refractivity contribution is 6.22. The molecule has 2 amide bonds. The molecule has 3 rings (SSSR count). The fraction of sp³-hybridized carbons (Fsp3) is 0.217. The second-order valence-electron chi connectivity index (χ2n) is 6.73. The zero-order valence-corrected chi connectivity index (χ0v) is 16.3. The van der Waals surface area contributed by atoms with E-state index in [-0.39, 0.29) is 29.0 Å². The van der Waals surface area contributed by atoms with E-state index in [4.69, 9.17) is 4.74 Å². The number of ketones is 1. The van der Waals surface area contributed by atoms with Crippen molar-refractivity contribution >= 4 is 23.6 Å². The summed E-state index contributed by atoms with van der Waals surface area (Å²) in [6.45, 7) is 7.15. The lowest BCUT2D eigenvalue weighted by Crippen LogP contribution is -2.29. The van der Waals surface area contributed by atoms with Gasteiger partial charge >= 0.3 is 5.97 Å². The summed E-state index contributed by atoms with van der Waals surface area (Å²) in [7, 11) is 0. The predicted octanol–water partition coefficient (Wildman–Crippen LogP) is 3.46. The number of Topliss-reactive ketones (excluding diaryl/α,β-unsaturated/α-hetero) is 1. The number of nitrogens with zero attached hydrogens (tertiary/aromatic N) is 1. The SMILES string of the molecule is C=CCN1C(=O)c2ccc(C(=O)O[C@H](C)C(=O)c3ccc(CC)cc3)cc2C1=O. The Labute approximate surface area is 168 Å². The van der Waals surface area contributed by atoms with E-state index in [1.807, 2.05) is 19.1 Å². The number of benzene rings is 2. The number of hydrogen-bond donors (Lipinski definition) is 0. The van der Waals surface area contributed by atoms with Gasteiger partial charge in [0, 0.05) is 12.1 Å². The number of hydrogen-bond acceptors (Lipinski definition) is 5. The van der Waals surface area contributed by atoms with E-state index in [1.165, 1.54) is 31.2 Å². The number of ether oxygens (including phenoxy) is 1. The summed E-state index contributed by atoms with van der Waals surface area (Å²) in [5.41, 5.74) is 2.03. The van der Waals surface area contributed by atoms with Crippen molar-refractivity contribution in [2.45, 2.75) is 26.4 Å². The molecular weight excluding hydrogens is 370 g/mol. The molecule has 2 aromatic rings. The van der Waals surface area contributed by atoms with Crippen molar-refractivity contribution in [2.75, 3.05) is 6.54 Å². The van der Waals surface area contributed by atoms with E-state index in [0.717, 1.165) is 16.9 Å². The molecule has 0 spiro atoms. The minimum Gasteiger partial charge on any atom is -0.451 e. The van der Waals surface area contributed by atoms with Crippen LogP contribution in [-0.2, 0) is 11.2 Å². The largest absolute Gasteiger partial charge is 0.451 e. The highest BCUT2D eigenvalue weighted by Crippen LogP contribution is 2.24. The molecule has 148 valence electrons. The number of fused-ring (bicyclic) bond motifs is 1. The Hall–Kier alpha value is -3.54. The summed E-state index contributed by atoms with van der Waals surface area (Å²) in [6.07, 6.45) is 1.33. The Morgan fingerprint density at radius 3 is 2.28 bits per heavy atom. The maximum atomic E-state index is 12.5. The van der Waals surface area contributed by atoms with E-state index in [2.05, 4.69) is 6.58 Å². The normalized spacial score (nSPS) is 13.8. The first-order chi connectivity index (χ1) is 13.9. The van der Waals surface area contributed by atoms with Crippen molar-refractivity contribution in [3.8, 4) is 0 Å². The van der Waals surface area contributed by atoms with Crippen molar-refractivity contribution in [1.29, 1.82) is 0 Å². The molecule has 6 heteroatoms. The van der Waals surface area contributed by atoms with E-state index >= 15 is 0 Å². The number of esters is 1. The zero-order chi connectivity index (χ0) is 21.1. The molecule has 2 aromatic carbocycles. The minimum absolute atomic E-state index is 0.0917. The molecule has 0 unspecified atom stereocenters. The molecule has 0 saturated carbocycles. The monoisotopic (exact) mass is 391 g/mol. The molecule has 0 aromatic heterocycles. The van der Waals surface area contributed by atoms with Crippen LogP contribution < -0.4 is 0 Å². The summed E-state index contributed by atoms with van der Waals surface area (Å²) in [5.74, 6) is -1.96. The first-order valence-corrected chi connectivity index (χ1v) is 9.32. The van der Waals surface area contributed by atoms with Gasteiger partial charge in [-0.3, -0.25) is 19.3 Å². The number of amides is 2. The van der Waals surface area contributed by atoms with Crippen LogP contribution in [0.25, 0.3) is 0 Å². The summed E-state index contributed by atoms with van der Waals surface area (Å²) in [6, 6.07) is 11.3. The molecule has 0 aliphatic carbocycles. The van der Waals surface area contributed by atoms with Gasteiger partial charge < -0.3 is 4.74 Å². The van der Waals surface area contributed by atoms with Gasteiger partial charge in [0.05, 0.1) is 16.7 Å². The Bertz CT molecular complexity index is 1010. The van der Waals surface area contributed by atoms with Crippen LogP contribution in [0.4, 0.5) is 0 Å². The third kappa shape index (κ3) is 3.87. The average Bonchev–Trinajstić information content (AvgIpc) is 2.97. The molecule has 0 radical (unpaired) electrons. The fourth-order valence-electron chi connectivity index (χ4n) is 3.13. The third-order valence-electron chi connectivity index (χ3n) is 4.82. The predicted molar refractivity (Wildman–Crippen MR) is 107 cm³/mol. The van der Waals surface area contributed by atoms with Crippen LogP contribution in [0.2, 0.25) is 0 Å². The van der Waals surface area contributed by atoms with Gasteiger partial charge in [0.25, 0.3) is 11.8 Å². The third-order valence-corrected chi connectivity index (χ3v) is 4.82. The van der Waals surface area contributed by atoms with Gasteiger partial charge in [-0.1, -0.05) is 37.3 Å². The van der Waals surface area contributed by atoms with E-state index in [1.54, 1.807) is 12.1 Å². The lowest BCUT2D eigenvalue weighted by molar-refractivity contribution is 0.0318. The summed E-state index contributed by atoms with van der Waals surface area (Å²) in [4.78, 5) is 50.7. The smallest absolute Gasteiger partial charge is 0.338 e. The number of imide groups is 1. The quantitative estimate of drug-likeness (QED) is 0.312. The van der Waals surface area contributed by atoms with Crippen molar-refractivity contribution in [1.82, 2.24) is 4.90 Å². The van der Waals surface area contributed by atoms with Crippen LogP contribution in [0.5, 0.6) is 0 Å². The van der Waals surface area contributed by atoms with E-state index in [0.29, 0.717) is 5.56 Å². The second-order valence-corrected chi connectivity index (χ2v) is 6.73. The first kappa shape index (κ1) is 20.2. The molecular formula is C23H21NO5. The van der Waals surface area contributed by atoms with Crippen molar-refractivity contribution in [2.24, 2.45) is 0 Å². The standard InChI is InChI=1S/C23H21NO5/c1-4-12-24-21(26)18-11-10-17(13-19(18)22(24)27)23(28)29-14(3)20(25)16-8-6-15(5-2)7-9-16/h4,6-11,13-14H,1,5,12H2,2-3H3/t14-/m1/s1. The summed E-state index contributed by atoms with van der Waals surface area (Å²) in [5, 5.41) is 0. The highest BCUT2D eigenvalue weighted by atomic mass is 16.5. The molecule has 29 heavy (non-hydrogen) atoms. The van der Waals surface area contributed by atoms with Gasteiger partial charge in [-0.05, 0) is 37.1 Å². The Kier molecular flexibility index (Phi) is 5.73. The van der Waals surface area contributed by atoms with Gasteiger partial charge in [0.2, 0.25) is 5.78 Å². The molecule has 0 saturated heterocycles. The number of aryl methyl sites for hydroxylation is 1. The number of rotatable bonds is 7. The molecule has 1 aliphatic heterocycles. The molecule has 1 heterocycles. The lowest BCUT2D eigenvalue weighted by atomic mass is 10.0. The van der Waals surface area contributed by atoms with Gasteiger partial charge in [0.15, 0.2) is 6.10 Å². The van der Waals surface area contributed by atoms with Crippen LogP contribution in [-0.4, -0.2) is 41.1 Å². The van der Waals surface area contributed by atoms with Crippen LogP contribution in [0, 0.1) is 0 Å². The molecule has 0 N–H and O–H groups in total. The van der Waals surface area contributed by atoms with Crippen molar-refractivity contribution in [3.63, 3.8) is 0 Å². The van der Waals surface area contributed by atoms with Crippen LogP contribution in [0.15, 0.2) is 55.1 Å². The minimum atomic E-state index is -0.988. The van der Waals surface area contributed by atoms with E-state index in [9.17, 15) is 19.2 Å². The fourth-order valence-corrected chi connectivity index (χ4v) is 3.13. The molecule has 0 bridgehead atoms. The van der Waals surface area contributed by atoms with Crippen molar-refractivity contribution in [3.05, 3.63) is 82.9 Å². The molecule has 1 aliphatic rings. The second kappa shape index (κ2) is 8.22. The Morgan fingerprint density at radius 2 is 1.66 bits per heavy atom. The maximum absolute atomic E-state index is 12.5. The highest BCUT2D eigenvalue weighted by Gasteiger charge is 2.35. The zero-order valence-electron chi connectivity index (χ0n) is 16.3. The van der Waals surface area contributed by atoms with Crippen LogP contribution in [0.3, 0.4) is 0 Å². The molecule has 1 atom stereocenters. The lowest BCUT2D eigenvalue weighted by Gasteiger charge is -2.13. The van der Waals surface area contributed by atoms with Crippen LogP contribution in [0.1, 0.15) is 60.8 Å². The average molecular weight is 391 g/mol. The van der Waals surface area contributed by atoms with Gasteiger partial charge in [0.1, 0.15) is 0 Å².